The molecule has 2 atom stereocenters. The van der Waals surface area contributed by atoms with E-state index in [9.17, 15) is 0 Å². The van der Waals surface area contributed by atoms with Crippen LogP contribution in [0, 0.1) is 5.41 Å². The minimum absolute atomic E-state index is 0.383. The van der Waals surface area contributed by atoms with E-state index in [1.165, 1.54) is 0 Å². The molecule has 0 aliphatic carbocycles. The van der Waals surface area contributed by atoms with Crippen LogP contribution >= 0.6 is 23.2 Å². The summed E-state index contributed by atoms with van der Waals surface area (Å²) < 4.78 is 5.35. The average molecular weight is 210 g/mol. The first-order valence-electron chi connectivity index (χ1n) is 3.86. The van der Waals surface area contributed by atoms with Gasteiger partial charge in [0.25, 0.3) is 0 Å². The predicted octanol–water partition coefficient (Wildman–Crippen LogP) is 1.93. The number of hydrogen-bond donors (Lipinski definition) is 0. The molecule has 0 spiro atoms. The van der Waals surface area contributed by atoms with Crippen LogP contribution in [0.5, 0.6) is 0 Å². The van der Waals surface area contributed by atoms with Crippen LogP contribution in [-0.2, 0) is 9.57 Å². The second kappa shape index (κ2) is 3.05. The van der Waals surface area contributed by atoms with Crippen LogP contribution in [0.15, 0.2) is 5.16 Å². The monoisotopic (exact) mass is 209 g/mol. The molecule has 1 saturated heterocycles. The molecule has 0 amide bonds. The first-order chi connectivity index (χ1) is 5.76. The summed E-state index contributed by atoms with van der Waals surface area (Å²) in [5, 5.41) is 3.70. The number of alkyl halides is 2. The third-order valence-corrected chi connectivity index (χ3v) is 3.13. The number of hydrogen-bond acceptors (Lipinski definition) is 3. The number of rotatable bonds is 1. The van der Waals surface area contributed by atoms with Gasteiger partial charge in [-0.15, -0.1) is 23.2 Å². The Morgan fingerprint density at radius 3 is 3.08 bits per heavy atom. The van der Waals surface area contributed by atoms with Gasteiger partial charge in [-0.1, -0.05) is 5.16 Å². The van der Waals surface area contributed by atoms with E-state index in [2.05, 4.69) is 5.16 Å². The molecular formula is C7H9Cl2NO2. The molecule has 3 nitrogen and oxygen atoms in total. The molecule has 2 rings (SSSR count). The molecule has 0 bridgehead atoms. The lowest BCUT2D eigenvalue weighted by Crippen LogP contribution is -2.44. The Hall–Kier alpha value is 0.01000. The Bertz CT molecular complexity index is 210. The predicted molar refractivity (Wildman–Crippen MR) is 46.5 cm³/mol. The Balaban J connectivity index is 2.22. The summed E-state index contributed by atoms with van der Waals surface area (Å²) >= 11 is 11.7. The minimum Gasteiger partial charge on any atom is -0.363 e. The molecule has 0 N–H and O–H groups in total. The molecule has 0 aromatic heterocycles. The summed E-state index contributed by atoms with van der Waals surface area (Å²) in [5.74, 6) is 0. The SMILES string of the molecule is ClC(Cl)C12C=NOC1OCCC2. The van der Waals surface area contributed by atoms with E-state index >= 15 is 0 Å². The summed E-state index contributed by atoms with van der Waals surface area (Å²) in [6, 6.07) is 0. The van der Waals surface area contributed by atoms with E-state index in [1.54, 1.807) is 6.21 Å². The highest BCUT2D eigenvalue weighted by atomic mass is 35.5. The van der Waals surface area contributed by atoms with Crippen molar-refractivity contribution in [2.75, 3.05) is 6.61 Å². The van der Waals surface area contributed by atoms with E-state index in [-0.39, 0.29) is 6.29 Å². The lowest BCUT2D eigenvalue weighted by Gasteiger charge is -2.35. The fourth-order valence-corrected chi connectivity index (χ4v) is 2.08. The van der Waals surface area contributed by atoms with Crippen molar-refractivity contribution in [2.24, 2.45) is 10.6 Å². The van der Waals surface area contributed by atoms with Gasteiger partial charge >= 0.3 is 0 Å². The van der Waals surface area contributed by atoms with Gasteiger partial charge in [0.1, 0.15) is 10.3 Å². The second-order valence-corrected chi connectivity index (χ2v) is 4.16. The molecule has 0 aromatic rings. The smallest absolute Gasteiger partial charge is 0.240 e. The van der Waals surface area contributed by atoms with Crippen molar-refractivity contribution in [3.05, 3.63) is 0 Å². The standard InChI is InChI=1S/C7H9Cl2NO2/c8-5(9)7-2-1-3-11-6(7)12-10-4-7/h4-6H,1-3H2. The van der Waals surface area contributed by atoms with E-state index in [4.69, 9.17) is 32.8 Å². The maximum absolute atomic E-state index is 5.86. The van der Waals surface area contributed by atoms with Crippen molar-refractivity contribution in [2.45, 2.75) is 24.0 Å². The summed E-state index contributed by atoms with van der Waals surface area (Å²) in [4.78, 5) is 4.48. The molecule has 5 heteroatoms. The molecule has 2 unspecified atom stereocenters. The zero-order valence-electron chi connectivity index (χ0n) is 6.37. The molecule has 0 saturated carbocycles. The van der Waals surface area contributed by atoms with Gasteiger partial charge in [-0.2, -0.15) is 0 Å². The quantitative estimate of drug-likeness (QED) is 0.619. The highest BCUT2D eigenvalue weighted by Crippen LogP contribution is 2.43. The lowest BCUT2D eigenvalue weighted by molar-refractivity contribution is -0.189. The van der Waals surface area contributed by atoms with Gasteiger partial charge < -0.3 is 9.57 Å². The van der Waals surface area contributed by atoms with Gasteiger partial charge in [0.15, 0.2) is 0 Å². The summed E-state index contributed by atoms with van der Waals surface area (Å²) in [7, 11) is 0. The van der Waals surface area contributed by atoms with E-state index in [1.807, 2.05) is 0 Å². The van der Waals surface area contributed by atoms with Crippen molar-refractivity contribution in [1.29, 1.82) is 0 Å². The normalized spacial score (nSPS) is 39.8. The highest BCUT2D eigenvalue weighted by molar-refractivity contribution is 6.45. The second-order valence-electron chi connectivity index (χ2n) is 3.06. The number of halogens is 2. The molecule has 0 aromatic carbocycles. The molecule has 2 aliphatic rings. The Kier molecular flexibility index (Phi) is 2.19. The van der Waals surface area contributed by atoms with Crippen LogP contribution < -0.4 is 0 Å². The maximum Gasteiger partial charge on any atom is 0.240 e. The number of nitrogens with zero attached hydrogens (tertiary/aromatic N) is 1. The summed E-state index contributed by atoms with van der Waals surface area (Å²) in [5.41, 5.74) is -0.415. The Morgan fingerprint density at radius 2 is 2.42 bits per heavy atom. The van der Waals surface area contributed by atoms with Crippen LogP contribution in [0.4, 0.5) is 0 Å². The van der Waals surface area contributed by atoms with E-state index in [0.29, 0.717) is 6.61 Å². The molecule has 12 heavy (non-hydrogen) atoms. The zero-order valence-corrected chi connectivity index (χ0v) is 7.88. The summed E-state index contributed by atoms with van der Waals surface area (Å²) in [6.45, 7) is 0.691. The summed E-state index contributed by atoms with van der Waals surface area (Å²) in [6.07, 6.45) is 3.11. The number of ether oxygens (including phenoxy) is 1. The third-order valence-electron chi connectivity index (χ3n) is 2.32. The van der Waals surface area contributed by atoms with Crippen LogP contribution in [0.3, 0.4) is 0 Å². The Morgan fingerprint density at radius 1 is 1.58 bits per heavy atom. The molecule has 2 aliphatic heterocycles. The van der Waals surface area contributed by atoms with Gasteiger partial charge in [-0.3, -0.25) is 0 Å². The average Bonchev–Trinajstić information content (AvgIpc) is 2.48. The third kappa shape index (κ3) is 1.11. The first-order valence-corrected chi connectivity index (χ1v) is 4.73. The van der Waals surface area contributed by atoms with Crippen LogP contribution in [0.2, 0.25) is 0 Å². The number of fused-ring (bicyclic) bond motifs is 1. The van der Waals surface area contributed by atoms with Gasteiger partial charge in [0.05, 0.1) is 12.8 Å². The minimum atomic E-state index is -0.519. The molecule has 2 heterocycles. The molecule has 68 valence electrons. The topological polar surface area (TPSA) is 30.8 Å². The van der Waals surface area contributed by atoms with Crippen molar-refractivity contribution >= 4 is 29.4 Å². The highest BCUT2D eigenvalue weighted by Gasteiger charge is 2.51. The maximum atomic E-state index is 5.86. The zero-order chi connectivity index (χ0) is 8.60. The van der Waals surface area contributed by atoms with Crippen LogP contribution in [-0.4, -0.2) is 23.9 Å². The van der Waals surface area contributed by atoms with E-state index in [0.717, 1.165) is 12.8 Å². The first kappa shape index (κ1) is 8.60. The fourth-order valence-electron chi connectivity index (χ4n) is 1.55. The van der Waals surface area contributed by atoms with Crippen molar-refractivity contribution in [3.8, 4) is 0 Å². The van der Waals surface area contributed by atoms with Gasteiger partial charge in [-0.25, -0.2) is 0 Å². The molecule has 0 radical (unpaired) electrons. The van der Waals surface area contributed by atoms with Gasteiger partial charge in [0, 0.05) is 0 Å². The van der Waals surface area contributed by atoms with Gasteiger partial charge in [0.2, 0.25) is 6.29 Å². The van der Waals surface area contributed by atoms with E-state index < -0.39 is 10.3 Å². The lowest BCUT2D eigenvalue weighted by atomic mass is 9.84. The van der Waals surface area contributed by atoms with Gasteiger partial charge in [-0.05, 0) is 12.8 Å². The van der Waals surface area contributed by atoms with Crippen molar-refractivity contribution in [1.82, 2.24) is 0 Å². The molecular weight excluding hydrogens is 201 g/mol. The van der Waals surface area contributed by atoms with Crippen molar-refractivity contribution in [3.63, 3.8) is 0 Å². The molecule has 1 fully saturated rings. The number of oxime groups is 1. The van der Waals surface area contributed by atoms with Crippen molar-refractivity contribution < 1.29 is 9.57 Å². The Labute approximate surface area is 80.6 Å². The fraction of sp³-hybridized carbons (Fsp3) is 0.857. The van der Waals surface area contributed by atoms with Crippen LogP contribution in [0.1, 0.15) is 12.8 Å². The largest absolute Gasteiger partial charge is 0.363 e. The van der Waals surface area contributed by atoms with Crippen LogP contribution in [0.25, 0.3) is 0 Å².